The Morgan fingerprint density at radius 3 is 2.67 bits per heavy atom. The van der Waals surface area contributed by atoms with Crippen LogP contribution in [-0.2, 0) is 17.9 Å². The number of rotatable bonds is 6. The van der Waals surface area contributed by atoms with Gasteiger partial charge in [-0.1, -0.05) is 12.1 Å². The molecule has 9 nitrogen and oxygen atoms in total. The maximum Gasteiger partial charge on any atom is 0.277 e. The third kappa shape index (κ3) is 4.24. The van der Waals surface area contributed by atoms with E-state index in [2.05, 4.69) is 9.98 Å². The first-order valence-electron chi connectivity index (χ1n) is 9.54. The van der Waals surface area contributed by atoms with E-state index in [-0.39, 0.29) is 30.2 Å². The molecule has 0 aliphatic carbocycles. The third-order valence-corrected chi connectivity index (χ3v) is 5.41. The van der Waals surface area contributed by atoms with Crippen molar-refractivity contribution in [1.82, 2.24) is 14.5 Å². The molecule has 160 valence electrons. The van der Waals surface area contributed by atoms with Crippen molar-refractivity contribution in [2.45, 2.75) is 31.5 Å². The molecule has 0 unspecified atom stereocenters. The normalized spacial score (nSPS) is 16.5. The first-order chi connectivity index (χ1) is 14.3. The number of aliphatic imine (C=N–C) groups is 1. The molecule has 0 bridgehead atoms. The molecule has 1 fully saturated rings. The van der Waals surface area contributed by atoms with Crippen LogP contribution in [0.15, 0.2) is 34.3 Å². The molecule has 1 aliphatic rings. The molecule has 30 heavy (non-hydrogen) atoms. The van der Waals surface area contributed by atoms with Crippen LogP contribution >= 0.6 is 0 Å². The fraction of sp³-hybridized carbons (Fsp3) is 0.400. The van der Waals surface area contributed by atoms with E-state index in [1.165, 1.54) is 24.0 Å². The number of carbonyl (C=O) groups excluding carboxylic acids is 1. The third-order valence-electron chi connectivity index (χ3n) is 5.41. The van der Waals surface area contributed by atoms with Crippen LogP contribution in [-0.4, -0.2) is 57.4 Å². The SMILES string of the molecule is CN=C(c1ccc(CN)c(F)c1)c1ncn(CC2(O)CCN(C=O)CC2)c(=O)c1N. The summed E-state index contributed by atoms with van der Waals surface area (Å²) in [6.45, 7) is 0.891. The molecule has 3 rings (SSSR count). The number of nitrogen functional groups attached to an aromatic ring is 1. The predicted octanol–water partition coefficient (Wildman–Crippen LogP) is -0.126. The highest BCUT2D eigenvalue weighted by molar-refractivity contribution is 6.14. The van der Waals surface area contributed by atoms with Crippen molar-refractivity contribution in [3.63, 3.8) is 0 Å². The highest BCUT2D eigenvalue weighted by atomic mass is 19.1. The average molecular weight is 416 g/mol. The highest BCUT2D eigenvalue weighted by Crippen LogP contribution is 2.23. The zero-order valence-electron chi connectivity index (χ0n) is 16.7. The van der Waals surface area contributed by atoms with Crippen molar-refractivity contribution < 1.29 is 14.3 Å². The molecule has 0 saturated carbocycles. The van der Waals surface area contributed by atoms with Crippen molar-refractivity contribution in [2.75, 3.05) is 25.9 Å². The molecule has 1 aliphatic heterocycles. The number of nitrogens with zero attached hydrogens (tertiary/aromatic N) is 4. The van der Waals surface area contributed by atoms with Gasteiger partial charge in [-0.05, 0) is 18.9 Å². The van der Waals surface area contributed by atoms with E-state index in [1.807, 2.05) is 0 Å². The molecule has 0 atom stereocenters. The van der Waals surface area contributed by atoms with Gasteiger partial charge in [0.25, 0.3) is 5.56 Å². The van der Waals surface area contributed by atoms with Gasteiger partial charge in [0.2, 0.25) is 6.41 Å². The quantitative estimate of drug-likeness (QED) is 0.443. The zero-order valence-corrected chi connectivity index (χ0v) is 16.7. The number of nitrogens with two attached hydrogens (primary N) is 2. The van der Waals surface area contributed by atoms with E-state index in [9.17, 15) is 19.1 Å². The maximum absolute atomic E-state index is 14.2. The van der Waals surface area contributed by atoms with Crippen molar-refractivity contribution in [1.29, 1.82) is 0 Å². The number of anilines is 1. The summed E-state index contributed by atoms with van der Waals surface area (Å²) in [5.74, 6) is -0.480. The molecule has 2 aromatic rings. The van der Waals surface area contributed by atoms with Crippen molar-refractivity contribution >= 4 is 17.8 Å². The lowest BCUT2D eigenvalue weighted by atomic mass is 9.91. The lowest BCUT2D eigenvalue weighted by Gasteiger charge is -2.36. The van der Waals surface area contributed by atoms with E-state index < -0.39 is 17.0 Å². The van der Waals surface area contributed by atoms with E-state index in [0.717, 1.165) is 6.41 Å². The predicted molar refractivity (Wildman–Crippen MR) is 111 cm³/mol. The Hall–Kier alpha value is -3.11. The number of amides is 1. The molecule has 0 radical (unpaired) electrons. The topological polar surface area (TPSA) is 140 Å². The molecular weight excluding hydrogens is 391 g/mol. The second-order valence-corrected chi connectivity index (χ2v) is 7.39. The fourth-order valence-electron chi connectivity index (χ4n) is 3.56. The van der Waals surface area contributed by atoms with E-state index in [4.69, 9.17) is 11.5 Å². The molecule has 1 amide bonds. The van der Waals surface area contributed by atoms with Crippen molar-refractivity contribution in [3.05, 3.63) is 57.5 Å². The van der Waals surface area contributed by atoms with Crippen LogP contribution in [0.25, 0.3) is 0 Å². The molecule has 0 spiro atoms. The number of piperidine rings is 1. The second kappa shape index (κ2) is 8.72. The summed E-state index contributed by atoms with van der Waals surface area (Å²) in [5, 5.41) is 10.8. The van der Waals surface area contributed by atoms with Gasteiger partial charge in [-0.15, -0.1) is 0 Å². The van der Waals surface area contributed by atoms with Crippen LogP contribution in [0.2, 0.25) is 0 Å². The standard InChI is InChI=1S/C20H25FN6O3/c1-24-17(13-2-3-14(9-22)15(21)8-13)18-16(23)19(29)27(11-25-18)10-20(30)4-6-26(12-28)7-5-20/h2-3,8,11-12,30H,4-7,9-10,22-23H2,1H3. The van der Waals surface area contributed by atoms with Gasteiger partial charge in [0.1, 0.15) is 17.2 Å². The largest absolute Gasteiger partial charge is 0.392 e. The monoisotopic (exact) mass is 416 g/mol. The molecule has 1 aromatic carbocycles. The first-order valence-corrected chi connectivity index (χ1v) is 9.54. The Balaban J connectivity index is 1.89. The van der Waals surface area contributed by atoms with Gasteiger partial charge in [0.15, 0.2) is 0 Å². The van der Waals surface area contributed by atoms with Gasteiger partial charge in [0, 0.05) is 37.8 Å². The van der Waals surface area contributed by atoms with Gasteiger partial charge >= 0.3 is 0 Å². The number of halogens is 1. The van der Waals surface area contributed by atoms with E-state index in [0.29, 0.717) is 37.1 Å². The summed E-state index contributed by atoms with van der Waals surface area (Å²) in [4.78, 5) is 33.7. The van der Waals surface area contributed by atoms with Gasteiger partial charge < -0.3 is 21.5 Å². The number of benzene rings is 1. The summed E-state index contributed by atoms with van der Waals surface area (Å²) in [7, 11) is 1.50. The minimum absolute atomic E-state index is 0.00837. The Labute approximate surface area is 172 Å². The molecule has 2 heterocycles. The first kappa shape index (κ1) is 21.6. The molecule has 1 saturated heterocycles. The number of hydrogen-bond donors (Lipinski definition) is 3. The lowest BCUT2D eigenvalue weighted by molar-refractivity contribution is -0.122. The van der Waals surface area contributed by atoms with Crippen LogP contribution < -0.4 is 17.0 Å². The molecular formula is C20H25FN6O3. The van der Waals surface area contributed by atoms with Crippen LogP contribution in [0.3, 0.4) is 0 Å². The summed E-state index contributed by atoms with van der Waals surface area (Å²) < 4.78 is 15.4. The fourth-order valence-corrected chi connectivity index (χ4v) is 3.56. The van der Waals surface area contributed by atoms with Crippen LogP contribution in [0, 0.1) is 5.82 Å². The summed E-state index contributed by atoms with van der Waals surface area (Å²) in [6.07, 6.45) is 2.73. The Kier molecular flexibility index (Phi) is 6.28. The Bertz CT molecular complexity index is 1030. The Morgan fingerprint density at radius 2 is 2.10 bits per heavy atom. The van der Waals surface area contributed by atoms with Gasteiger partial charge in [0.05, 0.1) is 24.2 Å². The Morgan fingerprint density at radius 1 is 1.40 bits per heavy atom. The van der Waals surface area contributed by atoms with Crippen LogP contribution in [0.1, 0.15) is 29.7 Å². The van der Waals surface area contributed by atoms with Crippen molar-refractivity contribution in [3.8, 4) is 0 Å². The minimum Gasteiger partial charge on any atom is -0.392 e. The number of carbonyl (C=O) groups is 1. The van der Waals surface area contributed by atoms with Gasteiger partial charge in [-0.2, -0.15) is 0 Å². The summed E-state index contributed by atoms with van der Waals surface area (Å²) in [5.41, 5.74) is 10.9. The van der Waals surface area contributed by atoms with Gasteiger partial charge in [-0.3, -0.25) is 19.1 Å². The smallest absolute Gasteiger partial charge is 0.277 e. The van der Waals surface area contributed by atoms with Crippen molar-refractivity contribution in [2.24, 2.45) is 10.7 Å². The molecule has 10 heteroatoms. The number of likely N-dealkylation sites (tertiary alicyclic amines) is 1. The molecule has 1 aromatic heterocycles. The molecule has 5 N–H and O–H groups in total. The summed E-state index contributed by atoms with van der Waals surface area (Å²) >= 11 is 0. The number of aromatic nitrogens is 2. The van der Waals surface area contributed by atoms with Gasteiger partial charge in [-0.25, -0.2) is 9.37 Å². The number of aliphatic hydroxyl groups is 1. The second-order valence-electron chi connectivity index (χ2n) is 7.39. The summed E-state index contributed by atoms with van der Waals surface area (Å²) in [6, 6.07) is 4.47. The van der Waals surface area contributed by atoms with Crippen LogP contribution in [0.5, 0.6) is 0 Å². The minimum atomic E-state index is -1.14. The van der Waals surface area contributed by atoms with E-state index in [1.54, 1.807) is 17.0 Å². The zero-order chi connectivity index (χ0) is 21.9. The maximum atomic E-state index is 14.2. The van der Waals surface area contributed by atoms with E-state index >= 15 is 0 Å². The average Bonchev–Trinajstić information content (AvgIpc) is 2.74. The number of hydrogen-bond acceptors (Lipinski definition) is 7. The van der Waals surface area contributed by atoms with Crippen LogP contribution in [0.4, 0.5) is 10.1 Å². The lowest BCUT2D eigenvalue weighted by Crippen LogP contribution is -2.48. The highest BCUT2D eigenvalue weighted by Gasteiger charge is 2.33.